The van der Waals surface area contributed by atoms with Gasteiger partial charge in [0.25, 0.3) is 5.91 Å². The van der Waals surface area contributed by atoms with Crippen molar-refractivity contribution in [3.8, 4) is 10.6 Å². The van der Waals surface area contributed by atoms with E-state index in [9.17, 15) is 13.6 Å². The van der Waals surface area contributed by atoms with Crippen LogP contribution in [0, 0.1) is 11.6 Å². The zero-order chi connectivity index (χ0) is 18.0. The number of hydrogen-bond donors (Lipinski definition) is 0. The van der Waals surface area contributed by atoms with Gasteiger partial charge in [-0.1, -0.05) is 29.0 Å². The minimum Gasteiger partial charge on any atom is -0.297 e. The average Bonchev–Trinajstić information content (AvgIpc) is 2.98. The number of thiazole rings is 1. The van der Waals surface area contributed by atoms with Crippen LogP contribution < -0.4 is 4.90 Å². The molecular formula is C17H12ClF2N3OS. The van der Waals surface area contributed by atoms with Gasteiger partial charge in [0.1, 0.15) is 27.2 Å². The van der Waals surface area contributed by atoms with Crippen molar-refractivity contribution in [3.63, 3.8) is 0 Å². The Kier molecular flexibility index (Phi) is 5.06. The second kappa shape index (κ2) is 7.25. The summed E-state index contributed by atoms with van der Waals surface area (Å²) in [5.41, 5.74) is 0.123. The molecule has 2 aromatic heterocycles. The molecule has 3 aromatic rings. The Morgan fingerprint density at radius 1 is 1.24 bits per heavy atom. The smallest absolute Gasteiger partial charge is 0.264 e. The lowest BCUT2D eigenvalue weighted by molar-refractivity contribution is 0.0981. The summed E-state index contributed by atoms with van der Waals surface area (Å²) in [6, 6.07) is 6.85. The van der Waals surface area contributed by atoms with Gasteiger partial charge in [-0.25, -0.2) is 13.8 Å². The molecular weight excluding hydrogens is 368 g/mol. The van der Waals surface area contributed by atoms with E-state index in [1.54, 1.807) is 31.5 Å². The fourth-order valence-corrected chi connectivity index (χ4v) is 3.65. The highest BCUT2D eigenvalue weighted by Crippen LogP contribution is 2.38. The topological polar surface area (TPSA) is 46.1 Å². The van der Waals surface area contributed by atoms with Gasteiger partial charge in [-0.05, 0) is 31.2 Å². The first-order valence-electron chi connectivity index (χ1n) is 7.35. The molecule has 0 aliphatic carbocycles. The molecule has 1 aromatic carbocycles. The van der Waals surface area contributed by atoms with Gasteiger partial charge in [-0.15, -0.1) is 0 Å². The maximum absolute atomic E-state index is 13.9. The summed E-state index contributed by atoms with van der Waals surface area (Å²) in [7, 11) is 0. The summed E-state index contributed by atoms with van der Waals surface area (Å²) in [4.78, 5) is 22.1. The standard InChI is InChI=1S/C17H12ClF2N3OS/c1-2-23(16(24)13-11(19)6-3-7-12(13)20)17-14(18)22-15(25-17)10-5-4-8-21-9-10/h3-9H,2H2,1H3. The van der Waals surface area contributed by atoms with Crippen molar-refractivity contribution in [2.75, 3.05) is 11.4 Å². The third-order valence-electron chi connectivity index (χ3n) is 3.46. The normalized spacial score (nSPS) is 10.7. The van der Waals surface area contributed by atoms with E-state index < -0.39 is 23.1 Å². The molecule has 0 unspecified atom stereocenters. The fraction of sp³-hybridized carbons (Fsp3) is 0.118. The Labute approximate surface area is 151 Å². The third-order valence-corrected chi connectivity index (χ3v) is 4.96. The number of aromatic nitrogens is 2. The third kappa shape index (κ3) is 3.38. The highest BCUT2D eigenvalue weighted by molar-refractivity contribution is 7.19. The van der Waals surface area contributed by atoms with E-state index in [0.717, 1.165) is 29.0 Å². The Balaban J connectivity index is 2.02. The molecule has 0 atom stereocenters. The molecule has 0 fully saturated rings. The average molecular weight is 380 g/mol. The minimum atomic E-state index is -0.920. The number of nitrogens with zero attached hydrogens (tertiary/aromatic N) is 3. The fourth-order valence-electron chi connectivity index (χ4n) is 2.29. The van der Waals surface area contributed by atoms with Crippen molar-refractivity contribution in [3.05, 3.63) is 65.1 Å². The quantitative estimate of drug-likeness (QED) is 0.654. The van der Waals surface area contributed by atoms with Crippen molar-refractivity contribution < 1.29 is 13.6 Å². The monoisotopic (exact) mass is 379 g/mol. The first-order valence-corrected chi connectivity index (χ1v) is 8.55. The molecule has 128 valence electrons. The van der Waals surface area contributed by atoms with E-state index in [1.165, 1.54) is 11.0 Å². The van der Waals surface area contributed by atoms with Crippen LogP contribution in [0.5, 0.6) is 0 Å². The number of carbonyl (C=O) groups is 1. The molecule has 0 saturated heterocycles. The zero-order valence-electron chi connectivity index (χ0n) is 13.0. The number of carbonyl (C=O) groups excluding carboxylic acids is 1. The van der Waals surface area contributed by atoms with Gasteiger partial charge < -0.3 is 0 Å². The molecule has 4 nitrogen and oxygen atoms in total. The van der Waals surface area contributed by atoms with Crippen LogP contribution in [0.4, 0.5) is 13.8 Å². The van der Waals surface area contributed by atoms with Gasteiger partial charge in [0.15, 0.2) is 5.15 Å². The second-order valence-corrected chi connectivity index (χ2v) is 6.34. The van der Waals surface area contributed by atoms with Crippen LogP contribution in [0.2, 0.25) is 5.15 Å². The van der Waals surface area contributed by atoms with E-state index >= 15 is 0 Å². The van der Waals surface area contributed by atoms with E-state index in [2.05, 4.69) is 9.97 Å². The lowest BCUT2D eigenvalue weighted by Crippen LogP contribution is -2.31. The lowest BCUT2D eigenvalue weighted by atomic mass is 10.1. The number of rotatable bonds is 4. The predicted octanol–water partition coefficient (Wildman–Crippen LogP) is 4.80. The minimum absolute atomic E-state index is 0.0933. The van der Waals surface area contributed by atoms with Crippen LogP contribution in [0.25, 0.3) is 10.6 Å². The number of pyridine rings is 1. The Bertz CT molecular complexity index is 897. The molecule has 25 heavy (non-hydrogen) atoms. The van der Waals surface area contributed by atoms with E-state index in [-0.39, 0.29) is 11.7 Å². The van der Waals surface area contributed by atoms with Crippen LogP contribution >= 0.6 is 22.9 Å². The summed E-state index contributed by atoms with van der Waals surface area (Å²) >= 11 is 7.33. The molecule has 1 amide bonds. The van der Waals surface area contributed by atoms with Crippen LogP contribution in [0.3, 0.4) is 0 Å². The Hall–Kier alpha value is -2.38. The van der Waals surface area contributed by atoms with Crippen molar-refractivity contribution in [1.82, 2.24) is 9.97 Å². The largest absolute Gasteiger partial charge is 0.297 e. The highest BCUT2D eigenvalue weighted by Gasteiger charge is 2.27. The Morgan fingerprint density at radius 2 is 1.96 bits per heavy atom. The molecule has 8 heteroatoms. The molecule has 0 N–H and O–H groups in total. The first kappa shape index (κ1) is 17.4. The van der Waals surface area contributed by atoms with Gasteiger partial charge in [-0.2, -0.15) is 0 Å². The summed E-state index contributed by atoms with van der Waals surface area (Å²) in [5.74, 6) is -2.64. The summed E-state index contributed by atoms with van der Waals surface area (Å²) in [6.07, 6.45) is 3.25. The van der Waals surface area contributed by atoms with E-state index in [0.29, 0.717) is 10.0 Å². The Morgan fingerprint density at radius 3 is 2.56 bits per heavy atom. The number of hydrogen-bond acceptors (Lipinski definition) is 4. The van der Waals surface area contributed by atoms with Gasteiger partial charge in [0.05, 0.1) is 0 Å². The van der Waals surface area contributed by atoms with E-state index in [4.69, 9.17) is 11.6 Å². The van der Waals surface area contributed by atoms with Crippen LogP contribution in [0.15, 0.2) is 42.7 Å². The second-order valence-electron chi connectivity index (χ2n) is 5.00. The molecule has 0 radical (unpaired) electrons. The van der Waals surface area contributed by atoms with Crippen LogP contribution in [0.1, 0.15) is 17.3 Å². The summed E-state index contributed by atoms with van der Waals surface area (Å²) < 4.78 is 27.9. The van der Waals surface area contributed by atoms with Crippen molar-refractivity contribution in [1.29, 1.82) is 0 Å². The number of halogens is 3. The number of anilines is 1. The molecule has 3 rings (SSSR count). The number of benzene rings is 1. The van der Waals surface area contributed by atoms with Gasteiger partial charge in [0, 0.05) is 24.5 Å². The van der Waals surface area contributed by atoms with Crippen molar-refractivity contribution >= 4 is 33.8 Å². The van der Waals surface area contributed by atoms with Gasteiger partial charge >= 0.3 is 0 Å². The maximum atomic E-state index is 13.9. The number of amides is 1. The summed E-state index contributed by atoms with van der Waals surface area (Å²) in [6.45, 7) is 1.87. The molecule has 0 aliphatic rings. The lowest BCUT2D eigenvalue weighted by Gasteiger charge is -2.19. The van der Waals surface area contributed by atoms with Gasteiger partial charge in [-0.3, -0.25) is 14.7 Å². The van der Waals surface area contributed by atoms with Gasteiger partial charge in [0.2, 0.25) is 0 Å². The highest BCUT2D eigenvalue weighted by atomic mass is 35.5. The molecule has 0 aliphatic heterocycles. The molecule has 0 saturated carbocycles. The van der Waals surface area contributed by atoms with Crippen molar-refractivity contribution in [2.45, 2.75) is 6.92 Å². The van der Waals surface area contributed by atoms with Crippen LogP contribution in [-0.2, 0) is 0 Å². The SMILES string of the molecule is CCN(C(=O)c1c(F)cccc1F)c1sc(-c2cccnc2)nc1Cl. The first-order chi connectivity index (χ1) is 12.0. The molecule has 2 heterocycles. The van der Waals surface area contributed by atoms with Crippen LogP contribution in [-0.4, -0.2) is 22.4 Å². The van der Waals surface area contributed by atoms with E-state index in [1.807, 2.05) is 0 Å². The molecule has 0 spiro atoms. The zero-order valence-corrected chi connectivity index (χ0v) is 14.6. The van der Waals surface area contributed by atoms with Crippen molar-refractivity contribution in [2.24, 2.45) is 0 Å². The molecule has 0 bridgehead atoms. The predicted molar refractivity (Wildman–Crippen MR) is 94.1 cm³/mol. The maximum Gasteiger partial charge on any atom is 0.264 e. The summed E-state index contributed by atoms with van der Waals surface area (Å²) in [5, 5.41) is 0.986.